The Kier molecular flexibility index (Phi) is 6.51. The van der Waals surface area contributed by atoms with Gasteiger partial charge in [0.05, 0.1) is 4.88 Å². The van der Waals surface area contributed by atoms with Crippen molar-refractivity contribution in [1.29, 1.82) is 0 Å². The highest BCUT2D eigenvalue weighted by molar-refractivity contribution is 7.20. The summed E-state index contributed by atoms with van der Waals surface area (Å²) in [5, 5.41) is 2.74. The Morgan fingerprint density at radius 2 is 1.74 bits per heavy atom. The van der Waals surface area contributed by atoms with E-state index in [0.29, 0.717) is 11.5 Å². The van der Waals surface area contributed by atoms with Crippen LogP contribution in [0.2, 0.25) is 0 Å². The second-order valence-electron chi connectivity index (χ2n) is 8.74. The molecule has 1 saturated carbocycles. The summed E-state index contributed by atoms with van der Waals surface area (Å²) in [6.07, 6.45) is 5.43. The zero-order valence-corrected chi connectivity index (χ0v) is 19.7. The van der Waals surface area contributed by atoms with Crippen LogP contribution in [0, 0.1) is 0 Å². The summed E-state index contributed by atoms with van der Waals surface area (Å²) in [5.74, 6) is 0.0157. The van der Waals surface area contributed by atoms with Gasteiger partial charge in [0.1, 0.15) is 11.4 Å². The smallest absolute Gasteiger partial charge is 0.406 e. The van der Waals surface area contributed by atoms with Crippen LogP contribution in [0.3, 0.4) is 0 Å². The van der Waals surface area contributed by atoms with Gasteiger partial charge in [0, 0.05) is 18.9 Å². The molecule has 5 nitrogen and oxygen atoms in total. The lowest BCUT2D eigenvalue weighted by molar-refractivity contribution is -0.274. The van der Waals surface area contributed by atoms with Crippen molar-refractivity contribution >= 4 is 22.2 Å². The van der Waals surface area contributed by atoms with E-state index in [2.05, 4.69) is 39.3 Å². The lowest BCUT2D eigenvalue weighted by Crippen LogP contribution is -2.23. The molecular weight excluding hydrogens is 475 g/mol. The van der Waals surface area contributed by atoms with Gasteiger partial charge in [-0.3, -0.25) is 9.20 Å². The summed E-state index contributed by atoms with van der Waals surface area (Å²) < 4.78 is 42.5. The fraction of sp³-hybridized carbons (Fsp3) is 0.308. The van der Waals surface area contributed by atoms with E-state index < -0.39 is 6.36 Å². The molecule has 0 atom stereocenters. The van der Waals surface area contributed by atoms with Crippen LogP contribution in [0.15, 0.2) is 60.9 Å². The number of halogens is 3. The van der Waals surface area contributed by atoms with Crippen molar-refractivity contribution in [2.24, 2.45) is 0 Å². The summed E-state index contributed by atoms with van der Waals surface area (Å²) in [7, 11) is 0. The van der Waals surface area contributed by atoms with Crippen LogP contribution in [0.25, 0.3) is 15.4 Å². The zero-order chi connectivity index (χ0) is 24.4. The largest absolute Gasteiger partial charge is 0.573 e. The van der Waals surface area contributed by atoms with E-state index in [1.165, 1.54) is 73.3 Å². The number of benzene rings is 2. The number of imidazole rings is 1. The number of alkyl halides is 3. The van der Waals surface area contributed by atoms with Crippen LogP contribution in [0.1, 0.15) is 59.6 Å². The first kappa shape index (κ1) is 23.4. The SMILES string of the molecule is O=C(NCc1ccc(OC(F)(F)F)cc1)c1cn2cc(-c3ccc(C4CCCCC4)cc3)sc2n1. The average molecular weight is 500 g/mol. The Morgan fingerprint density at radius 3 is 2.40 bits per heavy atom. The van der Waals surface area contributed by atoms with E-state index in [1.54, 1.807) is 6.20 Å². The molecule has 2 heterocycles. The quantitative estimate of drug-likeness (QED) is 0.313. The maximum absolute atomic E-state index is 12.5. The molecule has 5 rings (SSSR count). The third-order valence-electron chi connectivity index (χ3n) is 6.27. The number of thiazole rings is 1. The van der Waals surface area contributed by atoms with Gasteiger partial charge in [-0.2, -0.15) is 0 Å². The van der Waals surface area contributed by atoms with Crippen molar-refractivity contribution < 1.29 is 22.7 Å². The van der Waals surface area contributed by atoms with Crippen LogP contribution in [-0.4, -0.2) is 21.7 Å². The number of amides is 1. The molecule has 4 aromatic rings. The third kappa shape index (κ3) is 5.67. The van der Waals surface area contributed by atoms with Crippen LogP contribution < -0.4 is 10.1 Å². The monoisotopic (exact) mass is 499 g/mol. The second-order valence-corrected chi connectivity index (χ2v) is 9.75. The number of rotatable bonds is 6. The molecule has 182 valence electrons. The maximum Gasteiger partial charge on any atom is 0.573 e. The molecule has 1 N–H and O–H groups in total. The van der Waals surface area contributed by atoms with Crippen molar-refractivity contribution in [3.05, 3.63) is 77.7 Å². The fourth-order valence-electron chi connectivity index (χ4n) is 4.48. The minimum atomic E-state index is -4.73. The molecule has 0 spiro atoms. The molecule has 2 aromatic carbocycles. The van der Waals surface area contributed by atoms with Crippen molar-refractivity contribution in [3.63, 3.8) is 0 Å². The van der Waals surface area contributed by atoms with Gasteiger partial charge in [-0.15, -0.1) is 13.2 Å². The number of hydrogen-bond acceptors (Lipinski definition) is 4. The number of aromatic nitrogens is 2. The molecule has 0 saturated heterocycles. The summed E-state index contributed by atoms with van der Waals surface area (Å²) in [6.45, 7) is 0.162. The number of ether oxygens (including phenoxy) is 1. The number of carbonyl (C=O) groups excluding carboxylic acids is 1. The number of nitrogens with one attached hydrogen (secondary N) is 1. The molecule has 1 fully saturated rings. The molecule has 0 aliphatic heterocycles. The summed E-state index contributed by atoms with van der Waals surface area (Å²) in [6, 6.07) is 14.2. The lowest BCUT2D eigenvalue weighted by atomic mass is 9.84. The summed E-state index contributed by atoms with van der Waals surface area (Å²) in [4.78, 5) is 18.8. The van der Waals surface area contributed by atoms with Gasteiger partial charge in [0.15, 0.2) is 4.96 Å². The molecule has 1 amide bonds. The van der Waals surface area contributed by atoms with E-state index in [-0.39, 0.29) is 23.9 Å². The van der Waals surface area contributed by atoms with Gasteiger partial charge in [-0.1, -0.05) is 67.0 Å². The highest BCUT2D eigenvalue weighted by Gasteiger charge is 2.31. The molecular formula is C26H24F3N3O2S. The summed E-state index contributed by atoms with van der Waals surface area (Å²) in [5.41, 5.74) is 3.47. The van der Waals surface area contributed by atoms with E-state index >= 15 is 0 Å². The predicted octanol–water partition coefficient (Wildman–Crippen LogP) is 6.94. The molecule has 0 unspecified atom stereocenters. The van der Waals surface area contributed by atoms with Gasteiger partial charge in [0.25, 0.3) is 5.91 Å². The Bertz CT molecular complexity index is 1270. The minimum absolute atomic E-state index is 0.162. The molecule has 35 heavy (non-hydrogen) atoms. The van der Waals surface area contributed by atoms with E-state index in [9.17, 15) is 18.0 Å². The Morgan fingerprint density at radius 1 is 1.03 bits per heavy atom. The first-order chi connectivity index (χ1) is 16.8. The van der Waals surface area contributed by atoms with Crippen LogP contribution >= 0.6 is 11.3 Å². The fourth-order valence-corrected chi connectivity index (χ4v) is 5.45. The molecule has 1 aliphatic rings. The Labute approximate surface area is 204 Å². The maximum atomic E-state index is 12.5. The van der Waals surface area contributed by atoms with Crippen LogP contribution in [0.5, 0.6) is 5.75 Å². The van der Waals surface area contributed by atoms with Gasteiger partial charge < -0.3 is 10.1 Å². The highest BCUT2D eigenvalue weighted by atomic mass is 32.1. The number of carbonyl (C=O) groups is 1. The normalized spacial score (nSPS) is 14.8. The number of fused-ring (bicyclic) bond motifs is 1. The van der Waals surface area contributed by atoms with Crippen molar-refractivity contribution in [2.45, 2.75) is 50.9 Å². The van der Waals surface area contributed by atoms with Crippen molar-refractivity contribution in [1.82, 2.24) is 14.7 Å². The molecule has 1 aliphatic carbocycles. The predicted molar refractivity (Wildman–Crippen MR) is 129 cm³/mol. The van der Waals surface area contributed by atoms with E-state index in [0.717, 1.165) is 15.4 Å². The zero-order valence-electron chi connectivity index (χ0n) is 18.8. The Hall–Kier alpha value is -3.33. The highest BCUT2D eigenvalue weighted by Crippen LogP contribution is 2.35. The Balaban J connectivity index is 1.20. The molecule has 0 radical (unpaired) electrons. The standard InChI is InChI=1S/C26H24F3N3O2S/c27-26(28,29)34-21-12-6-17(7-13-21)14-30-24(33)22-15-32-16-23(35-25(32)31-22)20-10-8-19(9-11-20)18-4-2-1-3-5-18/h6-13,15-16,18H,1-5,14H2,(H,30,33). The van der Waals surface area contributed by atoms with E-state index in [1.807, 2.05) is 10.6 Å². The first-order valence-electron chi connectivity index (χ1n) is 11.6. The van der Waals surface area contributed by atoms with Gasteiger partial charge in [0.2, 0.25) is 0 Å². The molecule has 2 aromatic heterocycles. The first-order valence-corrected chi connectivity index (χ1v) is 12.4. The third-order valence-corrected chi connectivity index (χ3v) is 7.32. The van der Waals surface area contributed by atoms with Crippen molar-refractivity contribution in [2.75, 3.05) is 0 Å². The number of hydrogen-bond donors (Lipinski definition) is 1. The average Bonchev–Trinajstić information content (AvgIpc) is 3.43. The lowest BCUT2D eigenvalue weighted by Gasteiger charge is -2.22. The van der Waals surface area contributed by atoms with Gasteiger partial charge in [-0.05, 0) is 47.6 Å². The van der Waals surface area contributed by atoms with Crippen LogP contribution in [-0.2, 0) is 6.54 Å². The summed E-state index contributed by atoms with van der Waals surface area (Å²) >= 11 is 1.52. The van der Waals surface area contributed by atoms with Crippen molar-refractivity contribution in [3.8, 4) is 16.2 Å². The number of nitrogens with zero attached hydrogens (tertiary/aromatic N) is 2. The minimum Gasteiger partial charge on any atom is -0.406 e. The second kappa shape index (κ2) is 9.73. The topological polar surface area (TPSA) is 55.6 Å². The molecule has 9 heteroatoms. The van der Waals surface area contributed by atoms with Gasteiger partial charge in [-0.25, -0.2) is 4.98 Å². The van der Waals surface area contributed by atoms with E-state index in [4.69, 9.17) is 0 Å². The van der Waals surface area contributed by atoms with Gasteiger partial charge >= 0.3 is 6.36 Å². The van der Waals surface area contributed by atoms with Crippen LogP contribution in [0.4, 0.5) is 13.2 Å². The molecule has 0 bridgehead atoms.